The van der Waals surface area contributed by atoms with E-state index in [2.05, 4.69) is 15.6 Å². The highest BCUT2D eigenvalue weighted by Gasteiger charge is 2.25. The molecule has 1 atom stereocenters. The molecule has 0 aromatic heterocycles. The standard InChI is InChI=1S/C23H30N4O3.HI/c1-3-24-22(26-17-23(2,29)18-10-5-4-6-11-18)25-14-9-15-27-19-12-7-8-13-20(19)30-16-21(27)28;/h4-8,10-13,29H,3,9,14-17H2,1-2H3,(H2,24,25,26);1H. The van der Waals surface area contributed by atoms with Gasteiger partial charge in [0, 0.05) is 19.6 Å². The third-order valence-electron chi connectivity index (χ3n) is 4.94. The summed E-state index contributed by atoms with van der Waals surface area (Å²) < 4.78 is 5.48. The van der Waals surface area contributed by atoms with Crippen molar-refractivity contribution in [2.24, 2.45) is 4.99 Å². The highest BCUT2D eigenvalue weighted by molar-refractivity contribution is 14.0. The van der Waals surface area contributed by atoms with Crippen LogP contribution in [0.5, 0.6) is 5.75 Å². The second-order valence-electron chi connectivity index (χ2n) is 7.42. The van der Waals surface area contributed by atoms with Crippen molar-refractivity contribution in [2.45, 2.75) is 25.9 Å². The minimum absolute atomic E-state index is 0. The van der Waals surface area contributed by atoms with Gasteiger partial charge in [0.2, 0.25) is 0 Å². The summed E-state index contributed by atoms with van der Waals surface area (Å²) in [7, 11) is 0. The monoisotopic (exact) mass is 538 g/mol. The van der Waals surface area contributed by atoms with Gasteiger partial charge in [-0.15, -0.1) is 24.0 Å². The molecule has 0 saturated heterocycles. The number of fused-ring (bicyclic) bond motifs is 1. The Morgan fingerprint density at radius 1 is 1.16 bits per heavy atom. The van der Waals surface area contributed by atoms with Crippen molar-refractivity contribution >= 4 is 41.5 Å². The van der Waals surface area contributed by atoms with E-state index in [0.717, 1.165) is 23.4 Å². The Labute approximate surface area is 200 Å². The largest absolute Gasteiger partial charge is 0.482 e. The topological polar surface area (TPSA) is 86.2 Å². The minimum atomic E-state index is -1.05. The van der Waals surface area contributed by atoms with Crippen LogP contribution in [0.15, 0.2) is 59.6 Å². The van der Waals surface area contributed by atoms with Crippen molar-refractivity contribution in [2.75, 3.05) is 37.7 Å². The molecule has 2 aromatic rings. The maximum atomic E-state index is 12.3. The summed E-state index contributed by atoms with van der Waals surface area (Å²) >= 11 is 0. The van der Waals surface area contributed by atoms with Crippen molar-refractivity contribution in [3.63, 3.8) is 0 Å². The number of aliphatic imine (C=N–C) groups is 1. The van der Waals surface area contributed by atoms with E-state index in [1.165, 1.54) is 0 Å². The summed E-state index contributed by atoms with van der Waals surface area (Å²) in [5, 5.41) is 17.2. The third-order valence-corrected chi connectivity index (χ3v) is 4.94. The van der Waals surface area contributed by atoms with Crippen LogP contribution in [0, 0.1) is 0 Å². The summed E-state index contributed by atoms with van der Waals surface area (Å²) in [6.45, 7) is 6.02. The number of hydrogen-bond acceptors (Lipinski definition) is 4. The number of benzene rings is 2. The molecule has 1 aliphatic rings. The molecule has 0 saturated carbocycles. The molecule has 1 unspecified atom stereocenters. The van der Waals surface area contributed by atoms with E-state index in [4.69, 9.17) is 4.74 Å². The second kappa shape index (κ2) is 11.9. The normalized spacial score (nSPS) is 15.3. The highest BCUT2D eigenvalue weighted by atomic mass is 127. The number of nitrogens with one attached hydrogen (secondary N) is 2. The number of halogens is 1. The third kappa shape index (κ3) is 6.83. The van der Waals surface area contributed by atoms with Crippen molar-refractivity contribution in [3.8, 4) is 5.75 Å². The molecule has 1 heterocycles. The van der Waals surface area contributed by atoms with Gasteiger partial charge in [-0.1, -0.05) is 42.5 Å². The van der Waals surface area contributed by atoms with Gasteiger partial charge in [0.05, 0.1) is 12.2 Å². The average molecular weight is 538 g/mol. The molecule has 0 bridgehead atoms. The van der Waals surface area contributed by atoms with Gasteiger partial charge in [-0.25, -0.2) is 4.99 Å². The van der Waals surface area contributed by atoms with Crippen molar-refractivity contribution in [1.82, 2.24) is 10.6 Å². The van der Waals surface area contributed by atoms with E-state index in [-0.39, 0.29) is 43.0 Å². The lowest BCUT2D eigenvalue weighted by Crippen LogP contribution is -2.42. The van der Waals surface area contributed by atoms with Crippen LogP contribution in [0.2, 0.25) is 0 Å². The molecular weight excluding hydrogens is 507 g/mol. The lowest BCUT2D eigenvalue weighted by Gasteiger charge is -2.29. The predicted octanol–water partition coefficient (Wildman–Crippen LogP) is 2.88. The van der Waals surface area contributed by atoms with Crippen molar-refractivity contribution < 1.29 is 14.6 Å². The number of rotatable bonds is 8. The molecule has 1 aliphatic heterocycles. The molecular formula is C23H31IN4O3. The molecule has 168 valence electrons. The minimum Gasteiger partial charge on any atom is -0.482 e. The predicted molar refractivity (Wildman–Crippen MR) is 134 cm³/mol. The van der Waals surface area contributed by atoms with Gasteiger partial charge < -0.3 is 25.4 Å². The Hall–Kier alpha value is -2.33. The van der Waals surface area contributed by atoms with Crippen molar-refractivity contribution in [3.05, 3.63) is 60.2 Å². The van der Waals surface area contributed by atoms with Crippen LogP contribution in [0.25, 0.3) is 0 Å². The number of para-hydroxylation sites is 2. The molecule has 0 aliphatic carbocycles. The van der Waals surface area contributed by atoms with Crippen LogP contribution in [0.1, 0.15) is 25.8 Å². The Kier molecular flexibility index (Phi) is 9.57. The van der Waals surface area contributed by atoms with Crippen LogP contribution in [0.3, 0.4) is 0 Å². The Bertz CT molecular complexity index is 874. The fraction of sp³-hybridized carbons (Fsp3) is 0.391. The number of aliphatic hydroxyl groups is 1. The molecule has 7 nitrogen and oxygen atoms in total. The maximum absolute atomic E-state index is 12.3. The number of ether oxygens (including phenoxy) is 1. The maximum Gasteiger partial charge on any atom is 0.265 e. The van der Waals surface area contributed by atoms with E-state index < -0.39 is 5.60 Å². The molecule has 0 fully saturated rings. The summed E-state index contributed by atoms with van der Waals surface area (Å²) in [6.07, 6.45) is 0.750. The van der Waals surface area contributed by atoms with Gasteiger partial charge in [0.25, 0.3) is 5.91 Å². The molecule has 8 heteroatoms. The fourth-order valence-electron chi connectivity index (χ4n) is 3.31. The van der Waals surface area contributed by atoms with Crippen LogP contribution in [-0.4, -0.2) is 49.8 Å². The zero-order valence-corrected chi connectivity index (χ0v) is 20.3. The number of hydrogen-bond donors (Lipinski definition) is 3. The van der Waals surface area contributed by atoms with E-state index >= 15 is 0 Å². The number of anilines is 1. The second-order valence-corrected chi connectivity index (χ2v) is 7.42. The summed E-state index contributed by atoms with van der Waals surface area (Å²) in [5.41, 5.74) is 0.593. The van der Waals surface area contributed by atoms with E-state index in [0.29, 0.717) is 25.6 Å². The van der Waals surface area contributed by atoms with Crippen LogP contribution < -0.4 is 20.3 Å². The van der Waals surface area contributed by atoms with Gasteiger partial charge in [0.1, 0.15) is 11.4 Å². The number of carbonyl (C=O) groups excluding carboxylic acids is 1. The zero-order chi connectivity index (χ0) is 21.4. The SMILES string of the molecule is CCNC(=NCC(C)(O)c1ccccc1)NCCCN1C(=O)COc2ccccc21.I. The van der Waals surface area contributed by atoms with E-state index in [1.54, 1.807) is 11.8 Å². The first-order valence-electron chi connectivity index (χ1n) is 10.3. The first-order valence-corrected chi connectivity index (χ1v) is 10.3. The summed E-state index contributed by atoms with van der Waals surface area (Å²) in [4.78, 5) is 18.6. The number of carbonyl (C=O) groups is 1. The smallest absolute Gasteiger partial charge is 0.265 e. The lowest BCUT2D eigenvalue weighted by molar-refractivity contribution is -0.121. The molecule has 0 spiro atoms. The number of guanidine groups is 1. The van der Waals surface area contributed by atoms with Gasteiger partial charge in [-0.05, 0) is 38.0 Å². The van der Waals surface area contributed by atoms with E-state index in [9.17, 15) is 9.90 Å². The highest BCUT2D eigenvalue weighted by Crippen LogP contribution is 2.31. The van der Waals surface area contributed by atoms with Crippen molar-refractivity contribution in [1.29, 1.82) is 0 Å². The van der Waals surface area contributed by atoms with Gasteiger partial charge in [-0.2, -0.15) is 0 Å². The van der Waals surface area contributed by atoms with Crippen LogP contribution in [-0.2, 0) is 10.4 Å². The molecule has 2 aromatic carbocycles. The van der Waals surface area contributed by atoms with Gasteiger partial charge in [-0.3, -0.25) is 4.79 Å². The quantitative estimate of drug-likeness (QED) is 0.208. The molecule has 1 amide bonds. The summed E-state index contributed by atoms with van der Waals surface area (Å²) in [5.74, 6) is 1.35. The van der Waals surface area contributed by atoms with Gasteiger partial charge in [0.15, 0.2) is 12.6 Å². The Morgan fingerprint density at radius 3 is 2.61 bits per heavy atom. The Morgan fingerprint density at radius 2 is 1.87 bits per heavy atom. The van der Waals surface area contributed by atoms with E-state index in [1.807, 2.05) is 61.5 Å². The molecule has 0 radical (unpaired) electrons. The Balaban J connectivity index is 0.00000341. The summed E-state index contributed by atoms with van der Waals surface area (Å²) in [6, 6.07) is 17.1. The molecule has 3 N–H and O–H groups in total. The lowest BCUT2D eigenvalue weighted by atomic mass is 9.96. The average Bonchev–Trinajstić information content (AvgIpc) is 2.76. The number of amides is 1. The zero-order valence-electron chi connectivity index (χ0n) is 18.0. The molecule has 3 rings (SSSR count). The first-order chi connectivity index (χ1) is 14.5. The van der Waals surface area contributed by atoms with Gasteiger partial charge >= 0.3 is 0 Å². The fourth-order valence-corrected chi connectivity index (χ4v) is 3.31. The van der Waals surface area contributed by atoms with Crippen LogP contribution >= 0.6 is 24.0 Å². The van der Waals surface area contributed by atoms with Crippen LogP contribution in [0.4, 0.5) is 5.69 Å². The molecule has 31 heavy (non-hydrogen) atoms. The number of nitrogens with zero attached hydrogens (tertiary/aromatic N) is 2. The first kappa shape index (κ1) is 24.9.